The average Bonchev–Trinajstić information content (AvgIpc) is 3.08. The van der Waals surface area contributed by atoms with Crippen LogP contribution in [-0.4, -0.2) is 103 Å². The van der Waals surface area contributed by atoms with Crippen LogP contribution >= 0.6 is 0 Å². The quantitative estimate of drug-likeness (QED) is 0.266. The molecule has 0 unspecified atom stereocenters. The van der Waals surface area contributed by atoms with Gasteiger partial charge in [-0.2, -0.15) is 4.99 Å². The topological polar surface area (TPSA) is 91.7 Å². The zero-order valence-corrected chi connectivity index (χ0v) is 30.1. The van der Waals surface area contributed by atoms with Gasteiger partial charge in [-0.3, -0.25) is 14.7 Å². The molecule has 2 aliphatic rings. The van der Waals surface area contributed by atoms with Gasteiger partial charge in [0.1, 0.15) is 5.82 Å². The summed E-state index contributed by atoms with van der Waals surface area (Å²) in [5.41, 5.74) is 4.79. The highest BCUT2D eigenvalue weighted by atomic mass is 16.1. The van der Waals surface area contributed by atoms with Crippen molar-refractivity contribution in [2.45, 2.75) is 39.3 Å². The zero-order valence-electron chi connectivity index (χ0n) is 30.1. The van der Waals surface area contributed by atoms with E-state index in [1.54, 1.807) is 6.08 Å². The Kier molecular flexibility index (Phi) is 11.6. The van der Waals surface area contributed by atoms with Crippen LogP contribution in [0.2, 0.25) is 0 Å². The smallest absolute Gasteiger partial charge is 0.248 e. The highest BCUT2D eigenvalue weighted by Crippen LogP contribution is 2.31. The van der Waals surface area contributed by atoms with Crippen molar-refractivity contribution in [1.29, 1.82) is 0 Å². The lowest BCUT2D eigenvalue weighted by Gasteiger charge is -2.40. The second-order valence-corrected chi connectivity index (χ2v) is 13.5. The average molecular weight is 662 g/mol. The Morgan fingerprint density at radius 3 is 2.57 bits per heavy atom. The van der Waals surface area contributed by atoms with Crippen LogP contribution in [0.4, 0.5) is 5.69 Å². The number of nitrogens with zero attached hydrogens (tertiary/aromatic N) is 7. The lowest BCUT2D eigenvalue weighted by molar-refractivity contribution is -0.111. The monoisotopic (exact) mass is 661 g/mol. The number of rotatable bonds is 10. The number of likely N-dealkylation sites (N-methyl/N-ethyl adjacent to an activating group) is 1. The maximum Gasteiger partial charge on any atom is 0.248 e. The Morgan fingerprint density at radius 2 is 1.88 bits per heavy atom. The molecule has 49 heavy (non-hydrogen) atoms. The normalized spacial score (nSPS) is 17.8. The van der Waals surface area contributed by atoms with E-state index in [2.05, 4.69) is 67.1 Å². The van der Waals surface area contributed by atoms with Crippen LogP contribution in [0, 0.1) is 5.92 Å². The molecule has 0 radical (unpaired) electrons. The van der Waals surface area contributed by atoms with E-state index < -0.39 is 0 Å². The molecule has 0 bridgehead atoms. The van der Waals surface area contributed by atoms with Crippen molar-refractivity contribution in [1.82, 2.24) is 29.9 Å². The number of anilines is 1. The van der Waals surface area contributed by atoms with Gasteiger partial charge in [0.25, 0.3) is 0 Å². The molecule has 2 aliphatic heterocycles. The molecule has 0 spiro atoms. The van der Waals surface area contributed by atoms with Crippen LogP contribution in [0.5, 0.6) is 0 Å². The van der Waals surface area contributed by atoms with E-state index in [1.807, 2.05) is 85.7 Å². The summed E-state index contributed by atoms with van der Waals surface area (Å²) in [6.07, 6.45) is 9.34. The van der Waals surface area contributed by atoms with Crippen LogP contribution in [0.1, 0.15) is 32.3 Å². The van der Waals surface area contributed by atoms with E-state index in [-0.39, 0.29) is 11.8 Å². The fourth-order valence-corrected chi connectivity index (χ4v) is 6.31. The number of carbonyl (C=O) groups is 1. The molecule has 2 aromatic carbocycles. The number of pyridine rings is 1. The summed E-state index contributed by atoms with van der Waals surface area (Å²) in [6.45, 7) is 11.5. The Morgan fingerprint density at radius 1 is 1.12 bits per heavy atom. The molecule has 3 heterocycles. The van der Waals surface area contributed by atoms with Crippen LogP contribution in [0.15, 0.2) is 101 Å². The summed E-state index contributed by atoms with van der Waals surface area (Å²) in [4.78, 5) is 36.2. The van der Waals surface area contributed by atoms with E-state index in [4.69, 9.17) is 15.0 Å². The SMILES string of the molecule is C=C/C(=C1/NC(N2CCC(N(C)C)CC2)=NC(=NCc2ccccc2-c2nccc3cc(NC(=O)/C=C/CN(C)C)ccc23)N1C)C(C)C. The lowest BCUT2D eigenvalue weighted by Crippen LogP contribution is -2.53. The van der Waals surface area contributed by atoms with Crippen molar-refractivity contribution in [3.63, 3.8) is 0 Å². The van der Waals surface area contributed by atoms with Gasteiger partial charge >= 0.3 is 0 Å². The number of hydrogen-bond acceptors (Lipinski definition) is 7. The maximum atomic E-state index is 12.5. The highest BCUT2D eigenvalue weighted by Gasteiger charge is 2.29. The molecule has 1 saturated heterocycles. The molecule has 10 heteroatoms. The molecule has 2 N–H and O–H groups in total. The number of likely N-dealkylation sites (tertiary alicyclic amines) is 1. The minimum atomic E-state index is -0.154. The van der Waals surface area contributed by atoms with E-state index in [1.165, 1.54) is 0 Å². The fourth-order valence-electron chi connectivity index (χ4n) is 6.31. The van der Waals surface area contributed by atoms with Crippen molar-refractivity contribution in [3.8, 4) is 11.3 Å². The Labute approximate surface area is 291 Å². The molecule has 1 amide bonds. The van der Waals surface area contributed by atoms with Crippen LogP contribution in [-0.2, 0) is 11.3 Å². The third-order valence-corrected chi connectivity index (χ3v) is 9.12. The molecular weight excluding hydrogens is 610 g/mol. The number of nitrogens with one attached hydrogen (secondary N) is 2. The fraction of sp³-hybridized carbons (Fsp3) is 0.385. The minimum absolute atomic E-state index is 0.154. The largest absolute Gasteiger partial charge is 0.342 e. The minimum Gasteiger partial charge on any atom is -0.342 e. The molecule has 0 aliphatic carbocycles. The van der Waals surface area contributed by atoms with E-state index in [0.29, 0.717) is 25.1 Å². The number of fused-ring (bicyclic) bond motifs is 1. The summed E-state index contributed by atoms with van der Waals surface area (Å²) in [5.74, 6) is 2.57. The summed E-state index contributed by atoms with van der Waals surface area (Å²) in [7, 11) is 10.3. The third kappa shape index (κ3) is 8.63. The first-order valence-corrected chi connectivity index (χ1v) is 17.1. The molecule has 3 aromatic rings. The Bertz CT molecular complexity index is 1780. The van der Waals surface area contributed by atoms with Gasteiger partial charge in [0.2, 0.25) is 17.8 Å². The lowest BCUT2D eigenvalue weighted by atomic mass is 9.99. The number of amides is 1. The summed E-state index contributed by atoms with van der Waals surface area (Å²) in [5, 5.41) is 8.61. The zero-order chi connectivity index (χ0) is 35.1. The highest BCUT2D eigenvalue weighted by molar-refractivity contribution is 6.03. The van der Waals surface area contributed by atoms with Crippen molar-refractivity contribution < 1.29 is 4.79 Å². The van der Waals surface area contributed by atoms with Gasteiger partial charge in [-0.05, 0) is 81.7 Å². The second-order valence-electron chi connectivity index (χ2n) is 13.5. The van der Waals surface area contributed by atoms with Gasteiger partial charge in [-0.25, -0.2) is 4.99 Å². The van der Waals surface area contributed by atoms with Crippen molar-refractivity contribution in [3.05, 3.63) is 96.5 Å². The molecule has 10 nitrogen and oxygen atoms in total. The van der Waals surface area contributed by atoms with E-state index in [0.717, 1.165) is 76.6 Å². The summed E-state index contributed by atoms with van der Waals surface area (Å²) >= 11 is 0. The van der Waals surface area contributed by atoms with Crippen LogP contribution in [0.25, 0.3) is 22.0 Å². The Hall–Kier alpha value is -4.80. The second kappa shape index (κ2) is 16.1. The third-order valence-electron chi connectivity index (χ3n) is 9.12. The standard InChI is InChI=1S/C39H51N9O/c1-9-32(27(2)3)37-43-39(48-23-19-31(20-24-48)46(6)7)44-38(47(37)8)41-26-29-13-10-11-14-33(29)36-34-17-16-30(25-28(34)18-21-40-36)42-35(49)15-12-22-45(4)5/h9-18,21,25,27,31H,1,19-20,22-24,26H2,2-8H3,(H,42,49)(H,41,43,44)/b15-12+,37-32+. The molecular formula is C39H51N9O. The van der Waals surface area contributed by atoms with Gasteiger partial charge in [-0.1, -0.05) is 62.9 Å². The number of aliphatic imine (C=N–C) groups is 2. The number of carbonyl (C=O) groups excluding carboxylic acids is 1. The first kappa shape index (κ1) is 35.5. The molecule has 258 valence electrons. The first-order chi connectivity index (χ1) is 23.5. The number of hydrogen-bond donors (Lipinski definition) is 2. The van der Waals surface area contributed by atoms with Crippen LogP contribution < -0.4 is 10.6 Å². The number of allylic oxidation sites excluding steroid dienone is 2. The van der Waals surface area contributed by atoms with Crippen LogP contribution in [0.3, 0.4) is 0 Å². The number of piperidine rings is 1. The molecule has 0 saturated carbocycles. The predicted molar refractivity (Wildman–Crippen MR) is 203 cm³/mol. The Balaban J connectivity index is 1.45. The predicted octanol–water partition coefficient (Wildman–Crippen LogP) is 5.78. The van der Waals surface area contributed by atoms with Crippen molar-refractivity contribution in [2.75, 3.05) is 60.2 Å². The number of benzene rings is 2. The van der Waals surface area contributed by atoms with Gasteiger partial charge in [0, 0.05) is 61.6 Å². The van der Waals surface area contributed by atoms with Gasteiger partial charge in [0.05, 0.1) is 12.2 Å². The summed E-state index contributed by atoms with van der Waals surface area (Å²) < 4.78 is 0. The molecule has 0 atom stereocenters. The van der Waals surface area contributed by atoms with Gasteiger partial charge in [0.15, 0.2) is 0 Å². The van der Waals surface area contributed by atoms with Crippen molar-refractivity contribution >= 4 is 34.3 Å². The molecule has 1 aromatic heterocycles. The van der Waals surface area contributed by atoms with Gasteiger partial charge in [-0.15, -0.1) is 0 Å². The van der Waals surface area contributed by atoms with E-state index in [9.17, 15) is 4.79 Å². The van der Waals surface area contributed by atoms with E-state index >= 15 is 0 Å². The van der Waals surface area contributed by atoms with Gasteiger partial charge < -0.3 is 25.3 Å². The molecule has 1 fully saturated rings. The number of aromatic nitrogens is 1. The number of guanidine groups is 2. The summed E-state index contributed by atoms with van der Waals surface area (Å²) in [6, 6.07) is 16.8. The molecule has 5 rings (SSSR count). The van der Waals surface area contributed by atoms with Crippen molar-refractivity contribution in [2.24, 2.45) is 15.9 Å². The first-order valence-electron chi connectivity index (χ1n) is 17.1. The maximum absolute atomic E-state index is 12.5.